The molecule has 0 spiro atoms. The smallest absolute Gasteiger partial charge is 0.332 e. The van der Waals surface area contributed by atoms with Crippen molar-refractivity contribution in [3.63, 3.8) is 0 Å². The Balaban J connectivity index is 2.94. The topological polar surface area (TPSA) is 74.6 Å². The molecule has 1 aliphatic carbocycles. The van der Waals surface area contributed by atoms with Crippen molar-refractivity contribution in [2.75, 3.05) is 0 Å². The normalized spacial score (nSPS) is 21.8. The molecule has 0 saturated heterocycles. The summed E-state index contributed by atoms with van der Waals surface area (Å²) in [6.45, 7) is 0. The molecule has 0 radical (unpaired) electrons. The molecule has 4 nitrogen and oxygen atoms in total. The van der Waals surface area contributed by atoms with Crippen LogP contribution in [0.15, 0.2) is 23.8 Å². The Morgan fingerprint density at radius 3 is 2.62 bits per heavy atom. The zero-order valence-corrected chi connectivity index (χ0v) is 6.93. The second-order valence-corrected chi connectivity index (χ2v) is 2.82. The van der Waals surface area contributed by atoms with Crippen LogP contribution in [-0.2, 0) is 9.59 Å². The van der Waals surface area contributed by atoms with Gasteiger partial charge in [0.25, 0.3) is 0 Å². The van der Waals surface area contributed by atoms with Gasteiger partial charge >= 0.3 is 11.9 Å². The van der Waals surface area contributed by atoms with Crippen molar-refractivity contribution in [2.45, 2.75) is 12.8 Å². The molecule has 0 aromatic carbocycles. The Morgan fingerprint density at radius 2 is 2.08 bits per heavy atom. The van der Waals surface area contributed by atoms with Gasteiger partial charge in [-0.15, -0.1) is 0 Å². The van der Waals surface area contributed by atoms with Gasteiger partial charge in [-0.3, -0.25) is 4.79 Å². The zero-order valence-electron chi connectivity index (χ0n) is 6.93. The third-order valence-electron chi connectivity index (χ3n) is 1.95. The van der Waals surface area contributed by atoms with E-state index in [0.717, 1.165) is 0 Å². The first-order valence-corrected chi connectivity index (χ1v) is 3.95. The van der Waals surface area contributed by atoms with Crippen LogP contribution < -0.4 is 0 Å². The maximum absolute atomic E-state index is 10.7. The highest BCUT2D eigenvalue weighted by atomic mass is 16.4. The molecular formula is C9H10O4. The Bertz CT molecular complexity index is 288. The average molecular weight is 182 g/mol. The van der Waals surface area contributed by atoms with E-state index in [1.165, 1.54) is 6.08 Å². The molecule has 4 heteroatoms. The molecule has 2 N–H and O–H groups in total. The number of carbonyl (C=O) groups is 2. The lowest BCUT2D eigenvalue weighted by Crippen LogP contribution is -2.20. The Hall–Kier alpha value is -1.58. The molecule has 1 atom stereocenters. The molecule has 0 aromatic heterocycles. The summed E-state index contributed by atoms with van der Waals surface area (Å²) < 4.78 is 0. The highest BCUT2D eigenvalue weighted by Crippen LogP contribution is 2.21. The summed E-state index contributed by atoms with van der Waals surface area (Å²) in [5.74, 6) is -3.11. The summed E-state index contributed by atoms with van der Waals surface area (Å²) in [6.07, 6.45) is 5.67. The van der Waals surface area contributed by atoms with Crippen LogP contribution in [0.5, 0.6) is 0 Å². The molecule has 1 unspecified atom stereocenters. The third-order valence-corrected chi connectivity index (χ3v) is 1.95. The summed E-state index contributed by atoms with van der Waals surface area (Å²) in [7, 11) is 0. The number of carboxylic acid groups (broad SMARTS) is 2. The van der Waals surface area contributed by atoms with Crippen molar-refractivity contribution in [1.29, 1.82) is 0 Å². The standard InChI is InChI=1S/C9H10O4/c10-8(11)6-4-2-1-3-5-7(6)9(12)13/h1-2,4,7H,3,5H2,(H,10,11)(H,12,13). The minimum atomic E-state index is -1.15. The predicted octanol–water partition coefficient (Wildman–Crippen LogP) is 1.05. The second kappa shape index (κ2) is 3.89. The van der Waals surface area contributed by atoms with Crippen molar-refractivity contribution >= 4 is 11.9 Å². The summed E-state index contributed by atoms with van der Waals surface area (Å²) in [5.41, 5.74) is -0.0405. The fraction of sp³-hybridized carbons (Fsp3) is 0.333. The SMILES string of the molecule is O=C(O)C1=CC=CCCC1C(=O)O. The van der Waals surface area contributed by atoms with Crippen LogP contribution in [0.2, 0.25) is 0 Å². The van der Waals surface area contributed by atoms with Gasteiger partial charge in [-0.2, -0.15) is 0 Å². The van der Waals surface area contributed by atoms with E-state index in [9.17, 15) is 9.59 Å². The van der Waals surface area contributed by atoms with Crippen LogP contribution in [0.4, 0.5) is 0 Å². The Morgan fingerprint density at radius 1 is 1.38 bits per heavy atom. The first-order chi connectivity index (χ1) is 6.13. The monoisotopic (exact) mass is 182 g/mol. The van der Waals surface area contributed by atoms with Crippen LogP contribution in [0.1, 0.15) is 12.8 Å². The number of rotatable bonds is 2. The van der Waals surface area contributed by atoms with Crippen molar-refractivity contribution in [2.24, 2.45) is 5.92 Å². The lowest BCUT2D eigenvalue weighted by Gasteiger charge is -2.09. The van der Waals surface area contributed by atoms with Gasteiger partial charge < -0.3 is 10.2 Å². The van der Waals surface area contributed by atoms with Crippen LogP contribution in [0.3, 0.4) is 0 Å². The van der Waals surface area contributed by atoms with Gasteiger partial charge in [0.15, 0.2) is 0 Å². The quantitative estimate of drug-likeness (QED) is 0.669. The summed E-state index contributed by atoms with van der Waals surface area (Å²) in [6, 6.07) is 0. The Kier molecular flexibility index (Phi) is 2.84. The van der Waals surface area contributed by atoms with E-state index in [2.05, 4.69) is 0 Å². The summed E-state index contributed by atoms with van der Waals surface area (Å²) in [5, 5.41) is 17.5. The van der Waals surface area contributed by atoms with Crippen molar-refractivity contribution in [3.8, 4) is 0 Å². The fourth-order valence-electron chi connectivity index (χ4n) is 1.28. The van der Waals surface area contributed by atoms with Gasteiger partial charge in [0.2, 0.25) is 0 Å². The van der Waals surface area contributed by atoms with Gasteiger partial charge in [0.1, 0.15) is 0 Å². The summed E-state index contributed by atoms with van der Waals surface area (Å²) in [4.78, 5) is 21.3. The van der Waals surface area contributed by atoms with E-state index in [4.69, 9.17) is 10.2 Å². The van der Waals surface area contributed by atoms with E-state index in [1.54, 1.807) is 12.2 Å². The molecule has 0 heterocycles. The highest BCUT2D eigenvalue weighted by molar-refractivity contribution is 5.94. The van der Waals surface area contributed by atoms with Crippen molar-refractivity contribution < 1.29 is 19.8 Å². The lowest BCUT2D eigenvalue weighted by molar-refractivity contribution is -0.143. The molecule has 1 aliphatic rings. The van der Waals surface area contributed by atoms with Gasteiger partial charge in [-0.1, -0.05) is 18.2 Å². The molecule has 0 amide bonds. The predicted molar refractivity (Wildman–Crippen MR) is 45.2 cm³/mol. The first-order valence-electron chi connectivity index (χ1n) is 3.95. The molecule has 0 fully saturated rings. The fourth-order valence-corrected chi connectivity index (χ4v) is 1.28. The number of allylic oxidation sites excluding steroid dienone is 3. The van der Waals surface area contributed by atoms with Gasteiger partial charge in [-0.05, 0) is 12.8 Å². The maximum Gasteiger partial charge on any atom is 0.332 e. The van der Waals surface area contributed by atoms with Gasteiger partial charge in [-0.25, -0.2) is 4.79 Å². The summed E-state index contributed by atoms with van der Waals surface area (Å²) >= 11 is 0. The minimum Gasteiger partial charge on any atom is -0.481 e. The zero-order chi connectivity index (χ0) is 9.84. The molecule has 70 valence electrons. The molecule has 1 rings (SSSR count). The maximum atomic E-state index is 10.7. The highest BCUT2D eigenvalue weighted by Gasteiger charge is 2.26. The lowest BCUT2D eigenvalue weighted by atomic mass is 9.95. The van der Waals surface area contributed by atoms with E-state index in [0.29, 0.717) is 12.8 Å². The molecule has 0 aromatic rings. The van der Waals surface area contributed by atoms with Crippen molar-refractivity contribution in [1.82, 2.24) is 0 Å². The molecule has 0 bridgehead atoms. The minimum absolute atomic E-state index is 0.0405. The van der Waals surface area contributed by atoms with Crippen LogP contribution >= 0.6 is 0 Å². The molecule has 13 heavy (non-hydrogen) atoms. The van der Waals surface area contributed by atoms with E-state index in [-0.39, 0.29) is 5.57 Å². The number of carboxylic acids is 2. The van der Waals surface area contributed by atoms with E-state index in [1.807, 2.05) is 0 Å². The largest absolute Gasteiger partial charge is 0.481 e. The second-order valence-electron chi connectivity index (χ2n) is 2.82. The van der Waals surface area contributed by atoms with Crippen LogP contribution in [-0.4, -0.2) is 22.2 Å². The number of hydrogen-bond acceptors (Lipinski definition) is 2. The Labute approximate surface area is 75.2 Å². The average Bonchev–Trinajstić information content (AvgIpc) is 2.27. The molecule has 0 saturated carbocycles. The first kappa shape index (κ1) is 9.51. The molecule has 0 aliphatic heterocycles. The van der Waals surface area contributed by atoms with E-state index >= 15 is 0 Å². The number of aliphatic carboxylic acids is 2. The van der Waals surface area contributed by atoms with Crippen molar-refractivity contribution in [3.05, 3.63) is 23.8 Å². The van der Waals surface area contributed by atoms with E-state index < -0.39 is 17.9 Å². The van der Waals surface area contributed by atoms with Crippen LogP contribution in [0, 0.1) is 5.92 Å². The number of hydrogen-bond donors (Lipinski definition) is 2. The van der Waals surface area contributed by atoms with Crippen LogP contribution in [0.25, 0.3) is 0 Å². The van der Waals surface area contributed by atoms with Gasteiger partial charge in [0, 0.05) is 0 Å². The third kappa shape index (κ3) is 2.18. The molecular weight excluding hydrogens is 172 g/mol. The van der Waals surface area contributed by atoms with Gasteiger partial charge in [0.05, 0.1) is 11.5 Å².